The summed E-state index contributed by atoms with van der Waals surface area (Å²) in [7, 11) is 0. The van der Waals surface area contributed by atoms with Gasteiger partial charge in [0.25, 0.3) is 5.91 Å². The monoisotopic (exact) mass is 404 g/mol. The molecule has 0 saturated carbocycles. The Balaban J connectivity index is 0.00000210. The van der Waals surface area contributed by atoms with Crippen molar-refractivity contribution in [2.75, 3.05) is 13.1 Å². The Labute approximate surface area is 169 Å². The Kier molecular flexibility index (Phi) is 5.89. The van der Waals surface area contributed by atoms with E-state index in [1.165, 1.54) is 5.56 Å². The molecule has 1 aliphatic rings. The first kappa shape index (κ1) is 19.9. The van der Waals surface area contributed by atoms with E-state index in [2.05, 4.69) is 24.2 Å². The van der Waals surface area contributed by atoms with Crippen LogP contribution in [0.4, 0.5) is 0 Å². The van der Waals surface area contributed by atoms with E-state index in [1.54, 1.807) is 11.3 Å². The maximum atomic E-state index is 13.0. The fraction of sp³-hybridized carbons (Fsp3) is 0.400. The molecule has 1 fully saturated rings. The summed E-state index contributed by atoms with van der Waals surface area (Å²) in [5.41, 5.74) is 7.99. The molecule has 1 saturated heterocycles. The number of aryl methyl sites for hydroxylation is 1. The van der Waals surface area contributed by atoms with Gasteiger partial charge in [0.05, 0.1) is 17.1 Å². The molecule has 0 aliphatic carbocycles. The van der Waals surface area contributed by atoms with Gasteiger partial charge in [0.15, 0.2) is 0 Å². The van der Waals surface area contributed by atoms with Crippen LogP contribution in [-0.2, 0) is 6.54 Å². The van der Waals surface area contributed by atoms with Gasteiger partial charge in [0.2, 0.25) is 0 Å². The molecule has 2 aromatic heterocycles. The third-order valence-corrected chi connectivity index (χ3v) is 6.39. The molecule has 0 bridgehead atoms. The average molecular weight is 405 g/mol. The van der Waals surface area contributed by atoms with Crippen molar-refractivity contribution in [2.45, 2.75) is 32.9 Å². The van der Waals surface area contributed by atoms with Gasteiger partial charge in [0.1, 0.15) is 4.83 Å². The van der Waals surface area contributed by atoms with E-state index in [0.29, 0.717) is 19.0 Å². The highest BCUT2D eigenvalue weighted by Gasteiger charge is 2.33. The van der Waals surface area contributed by atoms with Gasteiger partial charge >= 0.3 is 0 Å². The predicted octanol–water partition coefficient (Wildman–Crippen LogP) is 3.69. The molecule has 2 unspecified atom stereocenters. The van der Waals surface area contributed by atoms with Crippen LogP contribution in [0, 0.1) is 12.8 Å². The van der Waals surface area contributed by atoms with Gasteiger partial charge in [-0.1, -0.05) is 30.3 Å². The van der Waals surface area contributed by atoms with E-state index >= 15 is 0 Å². The molecule has 27 heavy (non-hydrogen) atoms. The van der Waals surface area contributed by atoms with E-state index in [9.17, 15) is 4.79 Å². The molecular weight excluding hydrogens is 380 g/mol. The van der Waals surface area contributed by atoms with Gasteiger partial charge in [-0.05, 0) is 44.4 Å². The number of nitrogens with zero attached hydrogens (tertiary/aromatic N) is 3. The molecule has 2 N–H and O–H groups in total. The second-order valence-electron chi connectivity index (χ2n) is 7.20. The van der Waals surface area contributed by atoms with Crippen molar-refractivity contribution >= 4 is 39.9 Å². The first-order chi connectivity index (χ1) is 12.6. The number of halogens is 1. The Hall–Kier alpha value is -1.89. The third kappa shape index (κ3) is 3.74. The van der Waals surface area contributed by atoms with E-state index in [-0.39, 0.29) is 24.4 Å². The Morgan fingerprint density at radius 1 is 1.33 bits per heavy atom. The Morgan fingerprint density at radius 3 is 2.74 bits per heavy atom. The minimum atomic E-state index is 0. The van der Waals surface area contributed by atoms with Gasteiger partial charge in [0, 0.05) is 18.0 Å². The molecule has 3 aromatic rings. The number of fused-ring (bicyclic) bond motifs is 1. The molecule has 0 spiro atoms. The Morgan fingerprint density at radius 2 is 2.07 bits per heavy atom. The fourth-order valence-corrected chi connectivity index (χ4v) is 4.94. The number of hydrogen-bond donors (Lipinski definition) is 1. The number of benzene rings is 1. The van der Waals surface area contributed by atoms with Crippen LogP contribution in [0.2, 0.25) is 0 Å². The highest BCUT2D eigenvalue weighted by Crippen LogP contribution is 2.32. The molecule has 5 nitrogen and oxygen atoms in total. The highest BCUT2D eigenvalue weighted by atomic mass is 35.5. The summed E-state index contributed by atoms with van der Waals surface area (Å²) >= 11 is 1.55. The number of amides is 1. The standard InChI is InChI=1S/C20H24N4OS.ClH/c1-13-8-16(10-21)11-23(13)19(25)18-9-17-14(2)22-24(20(17)26-18)12-15-6-4-3-5-7-15;/h3-7,9,13,16H,8,10-12,21H2,1-2H3;1H. The van der Waals surface area contributed by atoms with Crippen molar-refractivity contribution in [1.82, 2.24) is 14.7 Å². The SMILES string of the molecule is Cc1nn(Cc2ccccc2)c2sc(C(=O)N3CC(CN)CC3C)cc12.Cl. The molecule has 1 amide bonds. The van der Waals surface area contributed by atoms with Gasteiger partial charge in [-0.25, -0.2) is 0 Å². The van der Waals surface area contributed by atoms with Crippen molar-refractivity contribution in [1.29, 1.82) is 0 Å². The van der Waals surface area contributed by atoms with E-state index < -0.39 is 0 Å². The number of thiophene rings is 1. The lowest BCUT2D eigenvalue weighted by atomic mass is 10.1. The zero-order valence-electron chi connectivity index (χ0n) is 15.6. The molecular formula is C20H25ClN4OS. The number of nitrogens with two attached hydrogens (primary N) is 1. The van der Waals surface area contributed by atoms with Crippen molar-refractivity contribution in [2.24, 2.45) is 11.7 Å². The van der Waals surface area contributed by atoms with Crippen LogP contribution < -0.4 is 5.73 Å². The highest BCUT2D eigenvalue weighted by molar-refractivity contribution is 7.20. The number of carbonyl (C=O) groups excluding carboxylic acids is 1. The van der Waals surface area contributed by atoms with Gasteiger partial charge in [-0.2, -0.15) is 5.10 Å². The third-order valence-electron chi connectivity index (χ3n) is 5.25. The quantitative estimate of drug-likeness (QED) is 0.721. The van der Waals surface area contributed by atoms with Crippen molar-refractivity contribution in [3.8, 4) is 0 Å². The fourth-order valence-electron chi connectivity index (χ4n) is 3.82. The Bertz CT molecular complexity index is 936. The molecule has 3 heterocycles. The van der Waals surface area contributed by atoms with Crippen molar-refractivity contribution in [3.63, 3.8) is 0 Å². The van der Waals surface area contributed by atoms with Crippen LogP contribution in [0.5, 0.6) is 0 Å². The van der Waals surface area contributed by atoms with Crippen LogP contribution in [0.15, 0.2) is 36.4 Å². The lowest BCUT2D eigenvalue weighted by molar-refractivity contribution is 0.0748. The summed E-state index contributed by atoms with van der Waals surface area (Å²) < 4.78 is 2.01. The minimum Gasteiger partial charge on any atom is -0.335 e. The van der Waals surface area contributed by atoms with E-state index in [1.807, 2.05) is 40.8 Å². The second kappa shape index (κ2) is 8.00. The first-order valence-electron chi connectivity index (χ1n) is 9.08. The van der Waals surface area contributed by atoms with Crippen molar-refractivity contribution < 1.29 is 4.79 Å². The molecule has 7 heteroatoms. The molecule has 0 radical (unpaired) electrons. The normalized spacial score (nSPS) is 19.4. The number of hydrogen-bond acceptors (Lipinski definition) is 4. The summed E-state index contributed by atoms with van der Waals surface area (Å²) in [5, 5.41) is 5.75. The zero-order chi connectivity index (χ0) is 18.3. The van der Waals surface area contributed by atoms with Gasteiger partial charge in [-0.15, -0.1) is 23.7 Å². The summed E-state index contributed by atoms with van der Waals surface area (Å²) in [6.45, 7) is 6.25. The van der Waals surface area contributed by atoms with Gasteiger partial charge in [-0.3, -0.25) is 9.48 Å². The maximum absolute atomic E-state index is 13.0. The van der Waals surface area contributed by atoms with E-state index in [0.717, 1.165) is 33.8 Å². The lowest BCUT2D eigenvalue weighted by Crippen LogP contribution is -2.33. The van der Waals surface area contributed by atoms with Crippen LogP contribution >= 0.6 is 23.7 Å². The largest absolute Gasteiger partial charge is 0.335 e. The summed E-state index contributed by atoms with van der Waals surface area (Å²) in [6.07, 6.45) is 0.994. The number of carbonyl (C=O) groups is 1. The number of rotatable bonds is 4. The summed E-state index contributed by atoms with van der Waals surface area (Å²) in [4.78, 5) is 16.9. The second-order valence-corrected chi connectivity index (χ2v) is 8.23. The van der Waals surface area contributed by atoms with Crippen LogP contribution in [0.25, 0.3) is 10.2 Å². The number of aromatic nitrogens is 2. The van der Waals surface area contributed by atoms with Crippen LogP contribution in [0.3, 0.4) is 0 Å². The van der Waals surface area contributed by atoms with Gasteiger partial charge < -0.3 is 10.6 Å². The van der Waals surface area contributed by atoms with Crippen LogP contribution in [0.1, 0.15) is 34.3 Å². The van der Waals surface area contributed by atoms with Crippen molar-refractivity contribution in [3.05, 3.63) is 52.5 Å². The van der Waals surface area contributed by atoms with Crippen LogP contribution in [-0.4, -0.2) is 39.7 Å². The zero-order valence-corrected chi connectivity index (χ0v) is 17.2. The van der Waals surface area contributed by atoms with E-state index in [4.69, 9.17) is 5.73 Å². The molecule has 1 aromatic carbocycles. The average Bonchev–Trinajstić information content (AvgIpc) is 3.31. The summed E-state index contributed by atoms with van der Waals surface area (Å²) in [6, 6.07) is 12.5. The number of likely N-dealkylation sites (tertiary alicyclic amines) is 1. The lowest BCUT2D eigenvalue weighted by Gasteiger charge is -2.20. The molecule has 1 aliphatic heterocycles. The minimum absolute atomic E-state index is 0. The molecule has 4 rings (SSSR count). The first-order valence-corrected chi connectivity index (χ1v) is 9.90. The maximum Gasteiger partial charge on any atom is 0.264 e. The topological polar surface area (TPSA) is 64.2 Å². The summed E-state index contributed by atoms with van der Waals surface area (Å²) in [5.74, 6) is 0.541. The smallest absolute Gasteiger partial charge is 0.264 e. The molecule has 144 valence electrons. The molecule has 2 atom stereocenters. The predicted molar refractivity (Wildman–Crippen MR) is 113 cm³/mol.